The average molecular weight is 333 g/mol. The quantitative estimate of drug-likeness (QED) is 0.361. The fraction of sp³-hybridized carbons (Fsp3) is 0. The maximum atomic E-state index is 11.2. The second-order valence-electron chi connectivity index (χ2n) is 3.97. The Morgan fingerprint density at radius 3 is 0.471 bits per heavy atom. The predicted octanol–water partition coefficient (Wildman–Crippen LogP) is -2.20. The van der Waals surface area contributed by atoms with Crippen molar-refractivity contribution in [2.24, 2.45) is 0 Å². The molecule has 0 radical (unpaired) electrons. The normalized spacial score (nSPS) is 19.8. The van der Waals surface area contributed by atoms with Crippen LogP contribution in [0.2, 0.25) is 0 Å². The van der Waals surface area contributed by atoms with E-state index >= 15 is 0 Å². The summed E-state index contributed by atoms with van der Waals surface area (Å²) in [4.78, 5) is 81.4. The van der Waals surface area contributed by atoms with Gasteiger partial charge in [-0.05, 0) is 0 Å². The van der Waals surface area contributed by atoms with E-state index in [4.69, 9.17) is 0 Å². The molecule has 0 bridgehead atoms. The van der Waals surface area contributed by atoms with Gasteiger partial charge in [-0.1, -0.05) is 0 Å². The van der Waals surface area contributed by atoms with E-state index in [1.54, 1.807) is 0 Å². The Kier molecular flexibility index (Phi) is 1.80. The average Bonchev–Trinajstić information content (AvgIpc) is 2.48. The number of carbonyl (C=O) groups excluding carboxylic acids is 8. The molecule has 0 amide bonds. The van der Waals surface area contributed by atoms with Crippen molar-refractivity contribution in [2.45, 2.75) is 0 Å². The molecule has 0 spiro atoms. The summed E-state index contributed by atoms with van der Waals surface area (Å²) in [6, 6.07) is 0. The SMILES string of the molecule is O=[CH][Ru]([CH]=O)([CH]=O)([CH]=O)([CH]=O)([CH]=O)([CH]=O)[CH]=O. The first-order valence-electron chi connectivity index (χ1n) is 3.52. The minimum absolute atomic E-state index is 1.01. The fourth-order valence-corrected chi connectivity index (χ4v) is 3.25. The third-order valence-corrected chi connectivity index (χ3v) is 15.9. The van der Waals surface area contributed by atoms with Gasteiger partial charge in [0.1, 0.15) is 0 Å². The Balaban J connectivity index is 8.48. The van der Waals surface area contributed by atoms with Crippen molar-refractivity contribution >= 4 is 39.0 Å². The summed E-state index contributed by atoms with van der Waals surface area (Å²) in [6.07, 6.45) is 0. The molecule has 0 saturated carbocycles. The Morgan fingerprint density at radius 1 is 0.353 bits per heavy atom. The van der Waals surface area contributed by atoms with Crippen LogP contribution in [0.5, 0.6) is 0 Å². The molecule has 0 atom stereocenters. The second-order valence-corrected chi connectivity index (χ2v) is 23.5. The third-order valence-electron chi connectivity index (χ3n) is 2.69. The van der Waals surface area contributed by atoms with Crippen LogP contribution >= 0.6 is 0 Å². The summed E-state index contributed by atoms with van der Waals surface area (Å²) in [5, 5.41) is 0. The third kappa shape index (κ3) is 0.689. The molecule has 0 aliphatic rings. The van der Waals surface area contributed by atoms with Gasteiger partial charge in [0.05, 0.1) is 0 Å². The summed E-state index contributed by atoms with van der Waals surface area (Å²) in [6.45, 7) is 0. The zero-order valence-electron chi connectivity index (χ0n) is 8.24. The van der Waals surface area contributed by atoms with E-state index in [1.165, 1.54) is 0 Å². The van der Waals surface area contributed by atoms with E-state index in [0.29, 0.717) is 0 Å². The molecule has 0 aromatic carbocycles. The number of carbonyl (C=O) groups is 8. The van der Waals surface area contributed by atoms with Gasteiger partial charge in [-0.15, -0.1) is 0 Å². The van der Waals surface area contributed by atoms with Gasteiger partial charge in [0.2, 0.25) is 0 Å². The van der Waals surface area contributed by atoms with Crippen molar-refractivity contribution in [1.29, 1.82) is 0 Å². The first kappa shape index (κ1) is 15.0. The van der Waals surface area contributed by atoms with E-state index in [0.717, 1.165) is 0 Å². The van der Waals surface area contributed by atoms with Crippen molar-refractivity contribution in [3.63, 3.8) is 0 Å². The van der Waals surface area contributed by atoms with Crippen LogP contribution in [0.15, 0.2) is 0 Å². The summed E-state index contributed by atoms with van der Waals surface area (Å²) >= 11 is 0. The summed E-state index contributed by atoms with van der Waals surface area (Å²) in [5.74, 6) is 0. The molecule has 0 saturated heterocycles. The monoisotopic (exact) mass is 334 g/mol. The van der Waals surface area contributed by atoms with Gasteiger partial charge >= 0.3 is 87.5 Å². The van der Waals surface area contributed by atoms with E-state index in [9.17, 15) is 38.4 Å². The zero-order valence-corrected chi connectivity index (χ0v) is 9.98. The summed E-state index contributed by atoms with van der Waals surface area (Å²) in [7, 11) is -9.11. The molecule has 0 fully saturated rings. The van der Waals surface area contributed by atoms with Crippen molar-refractivity contribution < 1.29 is 48.4 Å². The summed E-state index contributed by atoms with van der Waals surface area (Å²) in [5.41, 5.74) is 0. The van der Waals surface area contributed by atoms with Crippen molar-refractivity contribution in [1.82, 2.24) is 0 Å². The topological polar surface area (TPSA) is 137 Å². The van der Waals surface area contributed by atoms with Gasteiger partial charge in [0.15, 0.2) is 0 Å². The van der Waals surface area contributed by atoms with Crippen LogP contribution in [0.25, 0.3) is 0 Å². The molecule has 0 aromatic heterocycles. The van der Waals surface area contributed by atoms with Crippen molar-refractivity contribution in [2.75, 3.05) is 0 Å². The zero-order chi connectivity index (χ0) is 14.0. The van der Waals surface area contributed by atoms with E-state index in [2.05, 4.69) is 0 Å². The van der Waals surface area contributed by atoms with Crippen LogP contribution in [-0.2, 0) is 48.4 Å². The Morgan fingerprint density at radius 2 is 0.471 bits per heavy atom. The van der Waals surface area contributed by atoms with Gasteiger partial charge in [-0.25, -0.2) is 0 Å². The molecule has 0 aliphatic carbocycles. The first-order chi connectivity index (χ1) is 7.66. The molecule has 0 heterocycles. The predicted molar refractivity (Wildman–Crippen MR) is 54.0 cm³/mol. The van der Waals surface area contributed by atoms with E-state index in [-0.39, 0.29) is 0 Å². The van der Waals surface area contributed by atoms with Crippen molar-refractivity contribution in [3.05, 3.63) is 0 Å². The molecule has 0 rings (SSSR count). The molecule has 0 aromatic rings. The Bertz CT molecular complexity index is 392. The molecular weight excluding hydrogens is 325 g/mol. The molecule has 9 heteroatoms. The standard InChI is InChI=1S/8CHO.Ru/c8*1-2;/h8*1H;. The van der Waals surface area contributed by atoms with Crippen LogP contribution < -0.4 is 0 Å². The number of hydrogen-bond acceptors (Lipinski definition) is 8. The number of hydrogen-bond donors (Lipinski definition) is 0. The molecule has 8 nitrogen and oxygen atoms in total. The molecule has 0 aliphatic heterocycles. The van der Waals surface area contributed by atoms with Crippen LogP contribution in [0.3, 0.4) is 0 Å². The van der Waals surface area contributed by atoms with Crippen LogP contribution in [-0.4, -0.2) is 39.0 Å². The minimum atomic E-state index is -9.11. The summed E-state index contributed by atoms with van der Waals surface area (Å²) < 4.78 is 0. The van der Waals surface area contributed by atoms with Gasteiger partial charge in [-0.3, -0.25) is 0 Å². The van der Waals surface area contributed by atoms with Gasteiger partial charge in [0.25, 0.3) is 0 Å². The second kappa shape index (κ2) is 2.04. The van der Waals surface area contributed by atoms with Gasteiger partial charge < -0.3 is 0 Å². The van der Waals surface area contributed by atoms with Crippen LogP contribution in [0.1, 0.15) is 0 Å². The molecular formula is C8H8O8Ru. The fourth-order valence-electron chi connectivity index (χ4n) is 0.550. The molecule has 0 unspecified atom stereocenters. The number of rotatable bonds is 8. The molecule has 17 heavy (non-hydrogen) atoms. The van der Waals surface area contributed by atoms with Crippen LogP contribution in [0.4, 0.5) is 0 Å². The molecule has 0 N–H and O–H groups in total. The van der Waals surface area contributed by atoms with Gasteiger partial charge in [0, 0.05) is 0 Å². The van der Waals surface area contributed by atoms with E-state index < -0.39 is 49.1 Å². The van der Waals surface area contributed by atoms with Gasteiger partial charge in [-0.2, -0.15) is 0 Å². The van der Waals surface area contributed by atoms with Crippen LogP contribution in [0, 0.1) is 0 Å². The Hall–Kier alpha value is -2.02. The first-order valence-corrected chi connectivity index (χ1v) is 11.5. The maximum absolute atomic E-state index is 11.2. The van der Waals surface area contributed by atoms with E-state index in [1.807, 2.05) is 0 Å². The van der Waals surface area contributed by atoms with Crippen molar-refractivity contribution in [3.8, 4) is 0 Å². The Labute approximate surface area is 87.8 Å². The molecule has 96 valence electrons.